The Morgan fingerprint density at radius 3 is 2.44 bits per heavy atom. The van der Waals surface area contributed by atoms with Gasteiger partial charge in [-0.25, -0.2) is 0 Å². The topological polar surface area (TPSA) is 19.4 Å². The first-order valence-electron chi connectivity index (χ1n) is 7.03. The van der Waals surface area contributed by atoms with Crippen molar-refractivity contribution in [3.63, 3.8) is 0 Å². The van der Waals surface area contributed by atoms with Crippen molar-refractivity contribution in [3.8, 4) is 0 Å². The summed E-state index contributed by atoms with van der Waals surface area (Å²) in [5.41, 5.74) is 3.72. The number of hydrogen-bond donors (Lipinski definition) is 0. The minimum atomic E-state index is 0.560. The Morgan fingerprint density at radius 1 is 1.22 bits per heavy atom. The zero-order valence-electron chi connectivity index (χ0n) is 12.1. The highest BCUT2D eigenvalue weighted by Gasteiger charge is 2.17. The highest BCUT2D eigenvalue weighted by molar-refractivity contribution is 5.51. The molecule has 1 aliphatic heterocycles. The Bertz CT molecular complexity index is 395. The van der Waals surface area contributed by atoms with Crippen LogP contribution in [-0.2, 0) is 0 Å². The number of likely N-dealkylation sites (N-methyl/N-ethyl adjacent to an activating group) is 1. The fraction of sp³-hybridized carbons (Fsp3) is 0.667. The second-order valence-corrected chi connectivity index (χ2v) is 5.44. The summed E-state index contributed by atoms with van der Waals surface area (Å²) in [6.07, 6.45) is 1.15. The SMILES string of the molecule is CCC(C)c1ccc(N2CCN(C)CC2)c(C)n1. The van der Waals surface area contributed by atoms with Crippen molar-refractivity contribution in [2.24, 2.45) is 0 Å². The fourth-order valence-electron chi connectivity index (χ4n) is 2.44. The Morgan fingerprint density at radius 2 is 1.89 bits per heavy atom. The Kier molecular flexibility index (Phi) is 4.23. The number of aryl methyl sites for hydroxylation is 1. The van der Waals surface area contributed by atoms with Crippen LogP contribution in [0.25, 0.3) is 0 Å². The van der Waals surface area contributed by atoms with Gasteiger partial charge in [-0.3, -0.25) is 4.98 Å². The largest absolute Gasteiger partial charge is 0.368 e. The van der Waals surface area contributed by atoms with Gasteiger partial charge in [-0.05, 0) is 38.4 Å². The molecule has 0 bridgehead atoms. The van der Waals surface area contributed by atoms with Gasteiger partial charge in [0, 0.05) is 31.9 Å². The highest BCUT2D eigenvalue weighted by Crippen LogP contribution is 2.24. The van der Waals surface area contributed by atoms with Crippen molar-refractivity contribution in [3.05, 3.63) is 23.5 Å². The third-order valence-electron chi connectivity index (χ3n) is 4.04. The Hall–Kier alpha value is -1.09. The van der Waals surface area contributed by atoms with E-state index in [2.05, 4.69) is 49.8 Å². The van der Waals surface area contributed by atoms with Crippen LogP contribution in [0.1, 0.15) is 37.6 Å². The smallest absolute Gasteiger partial charge is 0.0609 e. The molecule has 0 aliphatic carbocycles. The lowest BCUT2D eigenvalue weighted by molar-refractivity contribution is 0.312. The first-order valence-corrected chi connectivity index (χ1v) is 7.03. The number of nitrogens with zero attached hydrogens (tertiary/aromatic N) is 3. The summed E-state index contributed by atoms with van der Waals surface area (Å²) < 4.78 is 0. The molecule has 18 heavy (non-hydrogen) atoms. The molecule has 0 saturated carbocycles. The molecule has 1 aromatic rings. The molecule has 1 aromatic heterocycles. The normalized spacial score (nSPS) is 19.0. The molecular formula is C15H25N3. The summed E-state index contributed by atoms with van der Waals surface area (Å²) in [5.74, 6) is 0.560. The predicted molar refractivity (Wildman–Crippen MR) is 77.4 cm³/mol. The van der Waals surface area contributed by atoms with Crippen LogP contribution in [0.4, 0.5) is 5.69 Å². The third kappa shape index (κ3) is 2.83. The zero-order valence-corrected chi connectivity index (χ0v) is 12.1. The summed E-state index contributed by atoms with van der Waals surface area (Å²) in [5, 5.41) is 0. The minimum absolute atomic E-state index is 0.560. The zero-order chi connectivity index (χ0) is 13.1. The first-order chi connectivity index (χ1) is 8.61. The monoisotopic (exact) mass is 247 g/mol. The van der Waals surface area contributed by atoms with Crippen LogP contribution in [0.15, 0.2) is 12.1 Å². The van der Waals surface area contributed by atoms with E-state index in [1.54, 1.807) is 0 Å². The molecule has 1 unspecified atom stereocenters. The average Bonchev–Trinajstić information content (AvgIpc) is 2.39. The van der Waals surface area contributed by atoms with Crippen molar-refractivity contribution >= 4 is 5.69 Å². The molecule has 0 amide bonds. The van der Waals surface area contributed by atoms with E-state index in [0.717, 1.165) is 32.6 Å². The molecule has 1 atom stereocenters. The highest BCUT2D eigenvalue weighted by atomic mass is 15.2. The van der Waals surface area contributed by atoms with Crippen molar-refractivity contribution in [2.45, 2.75) is 33.1 Å². The van der Waals surface area contributed by atoms with Gasteiger partial charge in [0.1, 0.15) is 0 Å². The maximum absolute atomic E-state index is 4.78. The van der Waals surface area contributed by atoms with Crippen LogP contribution >= 0.6 is 0 Å². The Balaban J connectivity index is 2.14. The van der Waals surface area contributed by atoms with Gasteiger partial charge < -0.3 is 9.80 Å². The third-order valence-corrected chi connectivity index (χ3v) is 4.04. The average molecular weight is 247 g/mol. The van der Waals surface area contributed by atoms with Gasteiger partial charge in [0.25, 0.3) is 0 Å². The van der Waals surface area contributed by atoms with E-state index in [1.165, 1.54) is 17.1 Å². The molecule has 3 nitrogen and oxygen atoms in total. The summed E-state index contributed by atoms with van der Waals surface area (Å²) in [6, 6.07) is 4.46. The number of pyridine rings is 1. The summed E-state index contributed by atoms with van der Waals surface area (Å²) >= 11 is 0. The molecule has 0 spiro atoms. The molecule has 2 rings (SSSR count). The van der Waals surface area contributed by atoms with Crippen molar-refractivity contribution in [2.75, 3.05) is 38.1 Å². The molecular weight excluding hydrogens is 222 g/mol. The van der Waals surface area contributed by atoms with E-state index in [4.69, 9.17) is 4.98 Å². The lowest BCUT2D eigenvalue weighted by atomic mass is 10.0. The second kappa shape index (κ2) is 5.70. The molecule has 3 heteroatoms. The molecule has 1 saturated heterocycles. The van der Waals surface area contributed by atoms with E-state index in [1.807, 2.05) is 0 Å². The van der Waals surface area contributed by atoms with Gasteiger partial charge in [-0.15, -0.1) is 0 Å². The van der Waals surface area contributed by atoms with Crippen molar-refractivity contribution in [1.29, 1.82) is 0 Å². The fourth-order valence-corrected chi connectivity index (χ4v) is 2.44. The van der Waals surface area contributed by atoms with Gasteiger partial charge in [-0.1, -0.05) is 13.8 Å². The van der Waals surface area contributed by atoms with Crippen LogP contribution in [0, 0.1) is 6.92 Å². The van der Waals surface area contributed by atoms with Gasteiger partial charge in [0.15, 0.2) is 0 Å². The van der Waals surface area contributed by atoms with Crippen LogP contribution in [-0.4, -0.2) is 43.1 Å². The molecule has 1 fully saturated rings. The van der Waals surface area contributed by atoms with Crippen molar-refractivity contribution < 1.29 is 0 Å². The van der Waals surface area contributed by atoms with E-state index < -0.39 is 0 Å². The van der Waals surface area contributed by atoms with E-state index in [9.17, 15) is 0 Å². The summed E-state index contributed by atoms with van der Waals surface area (Å²) in [4.78, 5) is 9.63. The van der Waals surface area contributed by atoms with Crippen LogP contribution in [0.2, 0.25) is 0 Å². The second-order valence-electron chi connectivity index (χ2n) is 5.44. The molecule has 0 aromatic carbocycles. The summed E-state index contributed by atoms with van der Waals surface area (Å²) in [7, 11) is 2.19. The summed E-state index contributed by atoms with van der Waals surface area (Å²) in [6.45, 7) is 11.1. The van der Waals surface area contributed by atoms with Crippen LogP contribution < -0.4 is 4.90 Å². The number of piperazine rings is 1. The maximum Gasteiger partial charge on any atom is 0.0609 e. The van der Waals surface area contributed by atoms with Gasteiger partial charge in [0.05, 0.1) is 11.4 Å². The first kappa shape index (κ1) is 13.3. The number of rotatable bonds is 3. The molecule has 0 radical (unpaired) electrons. The predicted octanol–water partition coefficient (Wildman–Crippen LogP) is 2.66. The standard InChI is InChI=1S/C15H25N3/c1-5-12(2)14-6-7-15(13(3)16-14)18-10-8-17(4)9-11-18/h6-7,12H,5,8-11H2,1-4H3. The maximum atomic E-state index is 4.78. The van der Waals surface area contributed by atoms with Crippen molar-refractivity contribution in [1.82, 2.24) is 9.88 Å². The number of aromatic nitrogens is 1. The quantitative estimate of drug-likeness (QED) is 0.818. The van der Waals surface area contributed by atoms with E-state index in [-0.39, 0.29) is 0 Å². The van der Waals surface area contributed by atoms with Crippen LogP contribution in [0.3, 0.4) is 0 Å². The minimum Gasteiger partial charge on any atom is -0.368 e. The Labute approximate surface area is 111 Å². The van der Waals surface area contributed by atoms with Gasteiger partial charge >= 0.3 is 0 Å². The molecule has 2 heterocycles. The lowest BCUT2D eigenvalue weighted by Gasteiger charge is -2.34. The van der Waals surface area contributed by atoms with Gasteiger partial charge in [-0.2, -0.15) is 0 Å². The van der Waals surface area contributed by atoms with E-state index >= 15 is 0 Å². The van der Waals surface area contributed by atoms with Crippen LogP contribution in [0.5, 0.6) is 0 Å². The number of hydrogen-bond acceptors (Lipinski definition) is 3. The lowest BCUT2D eigenvalue weighted by Crippen LogP contribution is -2.44. The van der Waals surface area contributed by atoms with Gasteiger partial charge in [0.2, 0.25) is 0 Å². The number of anilines is 1. The molecule has 0 N–H and O–H groups in total. The molecule has 100 valence electrons. The van der Waals surface area contributed by atoms with E-state index in [0.29, 0.717) is 5.92 Å². The molecule has 1 aliphatic rings.